The number of fused-ring (bicyclic) bond motifs is 1. The average molecular weight is 847 g/mol. The van der Waals surface area contributed by atoms with Crippen LogP contribution >= 0.6 is 0 Å². The maximum atomic E-state index is 17.0. The molecule has 17 nitrogen and oxygen atoms in total. The van der Waals surface area contributed by atoms with Crippen molar-refractivity contribution in [2.75, 3.05) is 40.0 Å². The number of pyridine rings is 1. The molecule has 336 valence electrons. The van der Waals surface area contributed by atoms with Gasteiger partial charge >= 0.3 is 12.1 Å². The van der Waals surface area contributed by atoms with Gasteiger partial charge in [-0.05, 0) is 105 Å². The highest BCUT2D eigenvalue weighted by Crippen LogP contribution is 2.41. The second-order valence-corrected chi connectivity index (χ2v) is 17.8. The molecule has 2 aromatic heterocycles. The van der Waals surface area contributed by atoms with E-state index in [0.717, 1.165) is 6.92 Å². The van der Waals surface area contributed by atoms with Gasteiger partial charge in [-0.15, -0.1) is 5.10 Å². The molecule has 3 saturated heterocycles. The molecule has 60 heavy (non-hydrogen) atoms. The van der Waals surface area contributed by atoms with E-state index in [-0.39, 0.29) is 24.5 Å². The maximum absolute atomic E-state index is 17.0. The molecule has 4 unspecified atom stereocenters. The Bertz CT molecular complexity index is 1800. The van der Waals surface area contributed by atoms with Gasteiger partial charge in [-0.25, -0.2) is 19.0 Å². The zero-order valence-corrected chi connectivity index (χ0v) is 37.1. The Hall–Kier alpha value is -3.81. The van der Waals surface area contributed by atoms with Gasteiger partial charge in [0.15, 0.2) is 17.7 Å². The molecule has 3 fully saturated rings. The Labute approximate surface area is 353 Å². The molecule has 5 heterocycles. The predicted molar refractivity (Wildman–Crippen MR) is 220 cm³/mol. The monoisotopic (exact) mass is 847 g/mol. The van der Waals surface area contributed by atoms with E-state index >= 15 is 4.39 Å². The minimum atomic E-state index is -3.14. The average Bonchev–Trinajstić information content (AvgIpc) is 3.77. The molecular formula is C42H67FN8O9. The third-order valence-electron chi connectivity index (χ3n) is 12.7. The fourth-order valence-electron chi connectivity index (χ4n) is 9.34. The number of alkyl halides is 1. The van der Waals surface area contributed by atoms with Gasteiger partial charge in [0, 0.05) is 38.2 Å². The summed E-state index contributed by atoms with van der Waals surface area (Å²) in [5.41, 5.74) is 1.25. The minimum absolute atomic E-state index is 0.119. The van der Waals surface area contributed by atoms with Crippen LogP contribution in [0.25, 0.3) is 11.4 Å². The van der Waals surface area contributed by atoms with Crippen molar-refractivity contribution in [3.8, 4) is 11.4 Å². The molecule has 2 aromatic rings. The number of cyclic esters (lactones) is 1. The molecule has 0 saturated carbocycles. The standard InChI is InChI=1S/C42H67FN8O9/c1-12-31-42(8)34(51(39(55)60-42)19-14-13-18-50-23-29(47-48-50)28-16-15-17-32(44)46-28)27(5)45-22-24(2)21-40(6,56-11)36(26(4)35(53)41(7,43)38(54)58-31)59-37-33(52)30(49(9)10)20-25(3)57-37/h15-17,23-27,30-31,33-34,36-37,45,52H,12-14,18-22H2,1-11H3,(H2,44,46)/t24-,25?,26-,27-,30?,31-,33?,34-,36-,37+,40-,41?,42-/m1/s1. The molecule has 18 heteroatoms. The number of nitrogens with two attached hydrogens (primary N) is 1. The van der Waals surface area contributed by atoms with Crippen LogP contribution in [0, 0.1) is 11.8 Å². The number of aromatic nitrogens is 4. The van der Waals surface area contributed by atoms with Gasteiger partial charge < -0.3 is 44.7 Å². The molecule has 0 aliphatic carbocycles. The van der Waals surface area contributed by atoms with Gasteiger partial charge in [0.25, 0.3) is 5.67 Å². The summed E-state index contributed by atoms with van der Waals surface area (Å²) in [7, 11) is 5.20. The molecule has 0 bridgehead atoms. The van der Waals surface area contributed by atoms with Crippen LogP contribution < -0.4 is 11.1 Å². The van der Waals surface area contributed by atoms with Crippen LogP contribution in [-0.4, -0.2) is 153 Å². The Kier molecular flexibility index (Phi) is 15.0. The lowest BCUT2D eigenvalue weighted by Gasteiger charge is -2.47. The first-order valence-corrected chi connectivity index (χ1v) is 21.2. The number of nitrogens with zero attached hydrogens (tertiary/aromatic N) is 6. The van der Waals surface area contributed by atoms with Gasteiger partial charge in [0.05, 0.1) is 35.7 Å². The number of aryl methyl sites for hydroxylation is 1. The third-order valence-corrected chi connectivity index (χ3v) is 12.7. The molecule has 4 N–H and O–H groups in total. The van der Waals surface area contributed by atoms with E-state index in [4.69, 9.17) is 29.4 Å². The first-order chi connectivity index (χ1) is 28.2. The summed E-state index contributed by atoms with van der Waals surface area (Å²) in [6.45, 7) is 14.7. The van der Waals surface area contributed by atoms with E-state index in [1.807, 2.05) is 39.8 Å². The highest BCUT2D eigenvalue weighted by molar-refractivity contribution is 6.07. The fraction of sp³-hybridized carbons (Fsp3) is 0.762. The van der Waals surface area contributed by atoms with Crippen molar-refractivity contribution in [3.05, 3.63) is 24.4 Å². The number of amides is 1. The highest BCUT2D eigenvalue weighted by atomic mass is 19.1. The number of nitrogens with one attached hydrogen (secondary N) is 1. The van der Waals surface area contributed by atoms with E-state index in [1.165, 1.54) is 14.0 Å². The van der Waals surface area contributed by atoms with E-state index < -0.39 is 77.3 Å². The molecule has 0 aromatic carbocycles. The number of hydrogen-bond acceptors (Lipinski definition) is 15. The number of methoxy groups -OCH3 is 1. The summed E-state index contributed by atoms with van der Waals surface area (Å²) in [4.78, 5) is 49.9. The lowest BCUT2D eigenvalue weighted by molar-refractivity contribution is -0.295. The summed E-state index contributed by atoms with van der Waals surface area (Å²) in [5.74, 6) is -3.49. The van der Waals surface area contributed by atoms with E-state index in [1.54, 1.807) is 54.7 Å². The first kappa shape index (κ1) is 47.2. The maximum Gasteiger partial charge on any atom is 0.410 e. The van der Waals surface area contributed by atoms with Crippen LogP contribution in [0.15, 0.2) is 24.4 Å². The summed E-state index contributed by atoms with van der Waals surface area (Å²) >= 11 is 0. The number of likely N-dealkylation sites (N-methyl/N-ethyl adjacent to an activating group) is 1. The number of halogens is 1. The molecule has 0 spiro atoms. The van der Waals surface area contributed by atoms with Crippen LogP contribution in [0.5, 0.6) is 0 Å². The number of ether oxygens (including phenoxy) is 5. The number of Topliss-reactive ketones (excluding diaryl/α,β-unsaturated/α-hetero) is 1. The van der Waals surface area contributed by atoms with Crippen molar-refractivity contribution in [3.63, 3.8) is 0 Å². The molecule has 5 rings (SSSR count). The van der Waals surface area contributed by atoms with Crippen molar-refractivity contribution in [1.82, 2.24) is 35.1 Å². The second-order valence-electron chi connectivity index (χ2n) is 17.8. The lowest BCUT2D eigenvalue weighted by atomic mass is 9.78. The number of nitrogen functional groups attached to an aromatic ring is 1. The Balaban J connectivity index is 1.40. The zero-order chi connectivity index (χ0) is 44.3. The smallest absolute Gasteiger partial charge is 0.410 e. The van der Waals surface area contributed by atoms with Crippen molar-refractivity contribution in [2.24, 2.45) is 11.8 Å². The SMILES string of the molecule is CC[C@H]1OC(=O)C(C)(F)C(=O)[C@@H](C)[C@@H](O[C@@H]2OC(C)CC(N(C)C)C2O)[C@](C)(OC)C[C@@H](C)CN[C@H](C)[C@H]2N(CCCCn3cc(-c4cccc(N)n4)nn3)C(=O)O[C@]12C. The zero-order valence-electron chi connectivity index (χ0n) is 37.1. The van der Waals surface area contributed by atoms with E-state index in [9.17, 15) is 19.5 Å². The number of anilines is 1. The summed E-state index contributed by atoms with van der Waals surface area (Å²) in [6.07, 6.45) is -1.40. The van der Waals surface area contributed by atoms with Crippen LogP contribution in [0.4, 0.5) is 15.0 Å². The number of rotatable bonds is 11. The van der Waals surface area contributed by atoms with Gasteiger partial charge in [-0.3, -0.25) is 14.4 Å². The number of aliphatic hydroxyl groups is 1. The van der Waals surface area contributed by atoms with Gasteiger partial charge in [-0.1, -0.05) is 32.1 Å². The van der Waals surface area contributed by atoms with Crippen molar-refractivity contribution < 1.29 is 47.6 Å². The highest BCUT2D eigenvalue weighted by Gasteiger charge is 2.60. The van der Waals surface area contributed by atoms with Gasteiger partial charge in [-0.2, -0.15) is 0 Å². The quantitative estimate of drug-likeness (QED) is 0.167. The molecular weight excluding hydrogens is 780 g/mol. The Morgan fingerprint density at radius 1 is 1.08 bits per heavy atom. The lowest BCUT2D eigenvalue weighted by Crippen LogP contribution is -2.61. The summed E-state index contributed by atoms with van der Waals surface area (Å²) < 4.78 is 49.5. The predicted octanol–water partition coefficient (Wildman–Crippen LogP) is 3.77. The minimum Gasteiger partial charge on any atom is -0.455 e. The third kappa shape index (κ3) is 9.94. The summed E-state index contributed by atoms with van der Waals surface area (Å²) in [5, 5.41) is 23.5. The number of esters is 1. The number of unbranched alkanes of at least 4 members (excludes halogenated alkanes) is 1. The van der Waals surface area contributed by atoms with Crippen LogP contribution in [0.3, 0.4) is 0 Å². The van der Waals surface area contributed by atoms with E-state index in [0.29, 0.717) is 62.5 Å². The molecule has 0 radical (unpaired) electrons. The van der Waals surface area contributed by atoms with Crippen LogP contribution in [-0.2, 0) is 39.8 Å². The second kappa shape index (κ2) is 19.1. The van der Waals surface area contributed by atoms with Gasteiger partial charge in [0.1, 0.15) is 23.7 Å². The first-order valence-electron chi connectivity index (χ1n) is 21.2. The molecule has 13 atom stereocenters. The number of carbonyl (C=O) groups is 3. The molecule has 3 aliphatic heterocycles. The Morgan fingerprint density at radius 3 is 2.43 bits per heavy atom. The largest absolute Gasteiger partial charge is 0.455 e. The van der Waals surface area contributed by atoms with Crippen LogP contribution in [0.1, 0.15) is 87.5 Å². The number of hydrogen-bond donors (Lipinski definition) is 3. The molecule has 3 aliphatic rings. The van der Waals surface area contributed by atoms with Crippen molar-refractivity contribution in [2.45, 2.75) is 160 Å². The normalized spacial score (nSPS) is 37.3. The van der Waals surface area contributed by atoms with Crippen LogP contribution in [0.2, 0.25) is 0 Å². The number of aliphatic hydroxyl groups excluding tert-OH is 1. The number of ketones is 1. The van der Waals surface area contributed by atoms with Crippen molar-refractivity contribution >= 4 is 23.7 Å². The van der Waals surface area contributed by atoms with Crippen molar-refractivity contribution in [1.29, 1.82) is 0 Å². The molecule has 1 amide bonds. The van der Waals surface area contributed by atoms with E-state index in [2.05, 4.69) is 20.6 Å². The Morgan fingerprint density at radius 2 is 1.78 bits per heavy atom. The fourth-order valence-corrected chi connectivity index (χ4v) is 9.34. The number of carbonyl (C=O) groups excluding carboxylic acids is 3. The topological polar surface area (TPSA) is 206 Å². The summed E-state index contributed by atoms with van der Waals surface area (Å²) in [6, 6.07) is 3.92. The van der Waals surface area contributed by atoms with Gasteiger partial charge in [0.2, 0.25) is 0 Å².